The summed E-state index contributed by atoms with van der Waals surface area (Å²) in [7, 11) is 0. The zero-order valence-corrected chi connectivity index (χ0v) is 28.4. The van der Waals surface area contributed by atoms with Crippen LogP contribution in [0.3, 0.4) is 0 Å². The number of phenolic OH excluding ortho intramolecular Hbond substituents is 1. The van der Waals surface area contributed by atoms with Crippen LogP contribution in [0.2, 0.25) is 0 Å². The molecule has 53 heavy (non-hydrogen) atoms. The largest absolute Gasteiger partial charge is 0.506 e. The lowest BCUT2D eigenvalue weighted by Crippen LogP contribution is -1.99. The van der Waals surface area contributed by atoms with Gasteiger partial charge in [-0.2, -0.15) is 0 Å². The predicted molar refractivity (Wildman–Crippen MR) is 217 cm³/mol. The monoisotopic (exact) mass is 683 g/mol. The molecule has 0 atom stereocenters. The molecule has 0 saturated carbocycles. The summed E-state index contributed by atoms with van der Waals surface area (Å²) in [6.45, 7) is 0. The highest BCUT2D eigenvalue weighted by atomic mass is 19.1. The third-order valence-corrected chi connectivity index (χ3v) is 10.8. The summed E-state index contributed by atoms with van der Waals surface area (Å²) in [5.41, 5.74) is 9.87. The van der Waals surface area contributed by atoms with Crippen molar-refractivity contribution in [1.29, 1.82) is 0 Å². The summed E-state index contributed by atoms with van der Waals surface area (Å²) in [6, 6.07) is 59.0. The van der Waals surface area contributed by atoms with Crippen molar-refractivity contribution in [3.8, 4) is 33.9 Å². The van der Waals surface area contributed by atoms with E-state index in [0.29, 0.717) is 11.3 Å². The molecule has 0 aliphatic rings. The van der Waals surface area contributed by atoms with E-state index in [0.717, 1.165) is 71.6 Å². The zero-order valence-electron chi connectivity index (χ0n) is 28.4. The van der Waals surface area contributed by atoms with Crippen LogP contribution < -0.4 is 0 Å². The quantitative estimate of drug-likeness (QED) is 0.197. The smallest absolute Gasteiger partial charge is 0.141 e. The van der Waals surface area contributed by atoms with Crippen LogP contribution >= 0.6 is 0 Å². The average Bonchev–Trinajstić information content (AvgIpc) is 3.84. The molecule has 0 fully saturated rings. The predicted octanol–water partition coefficient (Wildman–Crippen LogP) is 12.5. The van der Waals surface area contributed by atoms with Gasteiger partial charge in [-0.05, 0) is 60.7 Å². The average molecular weight is 684 g/mol. The van der Waals surface area contributed by atoms with Gasteiger partial charge >= 0.3 is 0 Å². The lowest BCUT2D eigenvalue weighted by molar-refractivity contribution is 0.473. The maximum atomic E-state index is 15.6. The van der Waals surface area contributed by atoms with Crippen molar-refractivity contribution >= 4 is 65.4 Å². The van der Waals surface area contributed by atoms with E-state index in [9.17, 15) is 5.11 Å². The second-order valence-electron chi connectivity index (χ2n) is 13.6. The normalized spacial score (nSPS) is 11.9. The Hall–Kier alpha value is -7.11. The molecule has 5 heteroatoms. The van der Waals surface area contributed by atoms with Crippen molar-refractivity contribution in [2.45, 2.75) is 0 Å². The van der Waals surface area contributed by atoms with Crippen molar-refractivity contribution in [3.05, 3.63) is 182 Å². The Kier molecular flexibility index (Phi) is 6.25. The van der Waals surface area contributed by atoms with Crippen LogP contribution in [-0.4, -0.2) is 18.8 Å². The molecule has 0 radical (unpaired) electrons. The van der Waals surface area contributed by atoms with Crippen LogP contribution in [0.15, 0.2) is 176 Å². The molecule has 0 amide bonds. The molecule has 0 bridgehead atoms. The van der Waals surface area contributed by atoms with Gasteiger partial charge in [-0.3, -0.25) is 0 Å². The van der Waals surface area contributed by atoms with Gasteiger partial charge < -0.3 is 18.8 Å². The first-order chi connectivity index (χ1) is 26.2. The fourth-order valence-corrected chi connectivity index (χ4v) is 8.58. The fraction of sp³-hybridized carbons (Fsp3) is 0. The Morgan fingerprint density at radius 2 is 0.811 bits per heavy atom. The number of nitrogens with zero attached hydrogens (tertiary/aromatic N) is 3. The van der Waals surface area contributed by atoms with E-state index in [4.69, 9.17) is 0 Å². The molecule has 4 nitrogen and oxygen atoms in total. The summed E-state index contributed by atoms with van der Waals surface area (Å²) >= 11 is 0. The minimum Gasteiger partial charge on any atom is -0.506 e. The van der Waals surface area contributed by atoms with Gasteiger partial charge in [-0.15, -0.1) is 0 Å². The minimum atomic E-state index is -0.297. The maximum Gasteiger partial charge on any atom is 0.141 e. The number of hydrogen-bond acceptors (Lipinski definition) is 1. The maximum absolute atomic E-state index is 15.6. The second-order valence-corrected chi connectivity index (χ2v) is 13.6. The molecule has 3 aromatic heterocycles. The van der Waals surface area contributed by atoms with Crippen molar-refractivity contribution in [1.82, 2.24) is 13.7 Å². The van der Waals surface area contributed by atoms with Gasteiger partial charge in [0.15, 0.2) is 0 Å². The van der Waals surface area contributed by atoms with Crippen LogP contribution in [0.4, 0.5) is 4.39 Å². The molecule has 1 N–H and O–H groups in total. The Morgan fingerprint density at radius 3 is 1.38 bits per heavy atom. The number of fused-ring (bicyclic) bond motifs is 9. The van der Waals surface area contributed by atoms with E-state index in [-0.39, 0.29) is 11.6 Å². The molecule has 0 spiro atoms. The van der Waals surface area contributed by atoms with E-state index in [2.05, 4.69) is 129 Å². The number of benzene rings is 8. The van der Waals surface area contributed by atoms with Crippen molar-refractivity contribution < 1.29 is 9.50 Å². The highest BCUT2D eigenvalue weighted by Crippen LogP contribution is 2.43. The Labute approximate surface area is 303 Å². The molecule has 0 aliphatic heterocycles. The molecule has 11 rings (SSSR count). The van der Waals surface area contributed by atoms with Gasteiger partial charge in [0.25, 0.3) is 0 Å². The lowest BCUT2D eigenvalue weighted by atomic mass is 10.0. The summed E-state index contributed by atoms with van der Waals surface area (Å²) in [5, 5.41) is 18.7. The summed E-state index contributed by atoms with van der Waals surface area (Å²) < 4.78 is 22.2. The number of halogens is 1. The van der Waals surface area contributed by atoms with Crippen molar-refractivity contribution in [2.24, 2.45) is 0 Å². The molecule has 3 heterocycles. The first-order valence-electron chi connectivity index (χ1n) is 17.8. The van der Waals surface area contributed by atoms with Gasteiger partial charge in [0.1, 0.15) is 11.6 Å². The standard InChI is InChI=1S/C48H30FN3O/c49-40-19-6-1-12-32(40)37-17-11-18-38-39-28-30(50-41-20-7-2-13-33(41)34-14-3-8-21-42(34)50)24-26-45(39)52(48(37)38)46-27-25-31(29-47(46)53)51-43-22-9-4-15-35(43)36-16-5-10-23-44(36)51/h1-29,53H. The first-order valence-corrected chi connectivity index (χ1v) is 17.8. The van der Waals surface area contributed by atoms with Gasteiger partial charge in [-0.25, -0.2) is 4.39 Å². The SMILES string of the molecule is Oc1cc(-n2c3ccccc3c3ccccc32)ccc1-n1c2ccc(-n3c4ccccc4c4ccccc43)cc2c2cccc(-c3ccccc3F)c21. The van der Waals surface area contributed by atoms with E-state index < -0.39 is 0 Å². The molecular formula is C48H30FN3O. The van der Waals surface area contributed by atoms with E-state index >= 15 is 4.39 Å². The van der Waals surface area contributed by atoms with E-state index in [1.165, 1.54) is 16.8 Å². The van der Waals surface area contributed by atoms with Gasteiger partial charge in [0.2, 0.25) is 0 Å². The molecule has 0 unspecified atom stereocenters. The van der Waals surface area contributed by atoms with Gasteiger partial charge in [0, 0.05) is 55.2 Å². The summed E-state index contributed by atoms with van der Waals surface area (Å²) in [5.74, 6) is -0.174. The van der Waals surface area contributed by atoms with Gasteiger partial charge in [-0.1, -0.05) is 109 Å². The second kappa shape index (κ2) is 11.2. The molecule has 0 saturated heterocycles. The fourth-order valence-electron chi connectivity index (χ4n) is 8.58. The van der Waals surface area contributed by atoms with Crippen LogP contribution in [0, 0.1) is 5.82 Å². The van der Waals surface area contributed by atoms with Crippen LogP contribution in [-0.2, 0) is 0 Å². The molecular weight excluding hydrogens is 654 g/mol. The van der Waals surface area contributed by atoms with E-state index in [1.807, 2.05) is 48.5 Å². The third kappa shape index (κ3) is 4.22. The molecule has 8 aromatic carbocycles. The molecule has 250 valence electrons. The Bertz CT molecular complexity index is 3170. The Morgan fingerprint density at radius 1 is 0.358 bits per heavy atom. The number of hydrogen-bond donors (Lipinski definition) is 1. The van der Waals surface area contributed by atoms with Crippen LogP contribution in [0.1, 0.15) is 0 Å². The number of phenols is 1. The zero-order chi connectivity index (χ0) is 35.2. The lowest BCUT2D eigenvalue weighted by Gasteiger charge is -2.15. The van der Waals surface area contributed by atoms with Gasteiger partial charge in [0.05, 0.1) is 44.5 Å². The highest BCUT2D eigenvalue weighted by molar-refractivity contribution is 6.15. The van der Waals surface area contributed by atoms with Crippen molar-refractivity contribution in [2.75, 3.05) is 0 Å². The first kappa shape index (κ1) is 29.6. The summed E-state index contributed by atoms with van der Waals surface area (Å²) in [6.07, 6.45) is 0. The topological polar surface area (TPSA) is 35.0 Å². The molecule has 0 aliphatic carbocycles. The number of aromatic nitrogens is 3. The van der Waals surface area contributed by atoms with Crippen LogP contribution in [0.5, 0.6) is 5.75 Å². The van der Waals surface area contributed by atoms with Crippen LogP contribution in [0.25, 0.3) is 93.6 Å². The summed E-state index contributed by atoms with van der Waals surface area (Å²) in [4.78, 5) is 0. The number of aromatic hydroxyl groups is 1. The Balaban J connectivity index is 1.19. The van der Waals surface area contributed by atoms with Crippen molar-refractivity contribution in [3.63, 3.8) is 0 Å². The highest BCUT2D eigenvalue weighted by Gasteiger charge is 2.22. The third-order valence-electron chi connectivity index (χ3n) is 10.8. The number of rotatable bonds is 4. The molecule has 11 aromatic rings. The minimum absolute atomic E-state index is 0.123. The number of para-hydroxylation sites is 5. The van der Waals surface area contributed by atoms with E-state index in [1.54, 1.807) is 6.07 Å².